The van der Waals surface area contributed by atoms with Crippen LogP contribution in [0, 0.1) is 5.82 Å². The number of benzene rings is 1. The Morgan fingerprint density at radius 1 is 1.19 bits per heavy atom. The summed E-state index contributed by atoms with van der Waals surface area (Å²) in [6.45, 7) is 4.25. The van der Waals surface area contributed by atoms with Crippen LogP contribution < -0.4 is 15.8 Å². The molecule has 1 fully saturated rings. The number of amides is 1. The lowest BCUT2D eigenvalue weighted by Crippen LogP contribution is -2.49. The molecule has 11 heteroatoms. The van der Waals surface area contributed by atoms with E-state index in [0.717, 1.165) is 6.54 Å². The first-order valence-electron chi connectivity index (χ1n) is 10.4. The lowest BCUT2D eigenvalue weighted by atomic mass is 10.2. The molecule has 0 radical (unpaired) electrons. The predicted octanol–water partition coefficient (Wildman–Crippen LogP) is -0.314. The monoisotopic (exact) mass is 449 g/mol. The highest BCUT2D eigenvalue weighted by Gasteiger charge is 2.25. The molecule has 1 amide bonds. The van der Waals surface area contributed by atoms with Crippen LogP contribution in [0.5, 0.6) is 5.75 Å². The number of halogens is 1. The maximum Gasteiger partial charge on any atom is 0.297 e. The molecule has 1 aromatic heterocycles. The number of aromatic hydroxyl groups is 1. The first kappa shape index (κ1) is 23.6. The maximum atomic E-state index is 13.0. The number of aliphatic hydroxyl groups excluding tert-OH is 1. The second-order valence-corrected chi connectivity index (χ2v) is 7.45. The summed E-state index contributed by atoms with van der Waals surface area (Å²) in [4.78, 5) is 33.5. The van der Waals surface area contributed by atoms with Crippen LogP contribution in [0.2, 0.25) is 0 Å². The number of aromatic nitrogens is 2. The second kappa shape index (κ2) is 11.0. The number of carbonyl (C=O) groups excluding carboxylic acids is 1. The molecule has 32 heavy (non-hydrogen) atoms. The van der Waals surface area contributed by atoms with E-state index in [9.17, 15) is 19.1 Å². The fourth-order valence-electron chi connectivity index (χ4n) is 3.42. The van der Waals surface area contributed by atoms with Crippen molar-refractivity contribution < 1.29 is 24.1 Å². The smallest absolute Gasteiger partial charge is 0.297 e. The van der Waals surface area contributed by atoms with E-state index in [-0.39, 0.29) is 24.7 Å². The molecular formula is C21H28FN5O5. The van der Waals surface area contributed by atoms with Crippen molar-refractivity contribution in [3.63, 3.8) is 0 Å². The number of carbonyl (C=O) groups is 1. The SMILES string of the molecule is Cn1c(N2CCN(CCOCCO)CC2)nc(C(=O)NCc2ccc(F)cc2)c(O)c1=O. The van der Waals surface area contributed by atoms with Gasteiger partial charge in [0.25, 0.3) is 11.5 Å². The Hall–Kier alpha value is -3.02. The Kier molecular flexibility index (Phi) is 8.14. The van der Waals surface area contributed by atoms with Crippen molar-refractivity contribution in [1.82, 2.24) is 19.8 Å². The van der Waals surface area contributed by atoms with E-state index < -0.39 is 17.2 Å². The topological polar surface area (TPSA) is 120 Å². The Labute approximate surface area is 184 Å². The van der Waals surface area contributed by atoms with Gasteiger partial charge in [0.1, 0.15) is 5.82 Å². The highest BCUT2D eigenvalue weighted by molar-refractivity contribution is 5.95. The van der Waals surface area contributed by atoms with E-state index in [0.29, 0.717) is 50.9 Å². The molecule has 0 bridgehead atoms. The molecule has 3 N–H and O–H groups in total. The summed E-state index contributed by atoms with van der Waals surface area (Å²) >= 11 is 0. The van der Waals surface area contributed by atoms with Crippen LogP contribution in [-0.2, 0) is 18.3 Å². The lowest BCUT2D eigenvalue weighted by molar-refractivity contribution is 0.0723. The summed E-state index contributed by atoms with van der Waals surface area (Å²) in [7, 11) is 1.50. The summed E-state index contributed by atoms with van der Waals surface area (Å²) in [5.41, 5.74) is -0.380. The fraction of sp³-hybridized carbons (Fsp3) is 0.476. The van der Waals surface area contributed by atoms with Crippen molar-refractivity contribution in [2.24, 2.45) is 7.05 Å². The molecule has 0 atom stereocenters. The van der Waals surface area contributed by atoms with Crippen LogP contribution >= 0.6 is 0 Å². The second-order valence-electron chi connectivity index (χ2n) is 7.45. The highest BCUT2D eigenvalue weighted by atomic mass is 19.1. The molecule has 2 heterocycles. The average Bonchev–Trinajstić information content (AvgIpc) is 2.80. The number of hydrogen-bond acceptors (Lipinski definition) is 8. The van der Waals surface area contributed by atoms with Crippen molar-refractivity contribution in [3.05, 3.63) is 51.7 Å². The van der Waals surface area contributed by atoms with Gasteiger partial charge >= 0.3 is 0 Å². The van der Waals surface area contributed by atoms with Crippen molar-refractivity contribution in [1.29, 1.82) is 0 Å². The van der Waals surface area contributed by atoms with E-state index in [1.165, 1.54) is 35.9 Å². The summed E-state index contributed by atoms with van der Waals surface area (Å²) in [5, 5.41) is 21.6. The van der Waals surface area contributed by atoms with Gasteiger partial charge < -0.3 is 25.2 Å². The number of nitrogens with one attached hydrogen (secondary N) is 1. The summed E-state index contributed by atoms with van der Waals surface area (Å²) < 4.78 is 19.6. The minimum Gasteiger partial charge on any atom is -0.501 e. The molecule has 0 saturated carbocycles. The largest absolute Gasteiger partial charge is 0.501 e. The zero-order chi connectivity index (χ0) is 23.1. The van der Waals surface area contributed by atoms with Gasteiger partial charge in [-0.25, -0.2) is 9.37 Å². The van der Waals surface area contributed by atoms with Gasteiger partial charge in [0, 0.05) is 46.3 Å². The number of rotatable bonds is 9. The summed E-state index contributed by atoms with van der Waals surface area (Å²) in [6.07, 6.45) is 0. The van der Waals surface area contributed by atoms with E-state index in [4.69, 9.17) is 9.84 Å². The molecular weight excluding hydrogens is 421 g/mol. The third kappa shape index (κ3) is 5.81. The quantitative estimate of drug-likeness (QED) is 0.446. The van der Waals surface area contributed by atoms with Crippen LogP contribution in [0.1, 0.15) is 16.1 Å². The summed E-state index contributed by atoms with van der Waals surface area (Å²) in [6, 6.07) is 5.64. The molecule has 1 aliphatic heterocycles. The molecule has 174 valence electrons. The van der Waals surface area contributed by atoms with Gasteiger partial charge in [-0.15, -0.1) is 0 Å². The number of hydrogen-bond donors (Lipinski definition) is 3. The molecule has 2 aromatic rings. The molecule has 1 aliphatic rings. The van der Waals surface area contributed by atoms with Gasteiger partial charge in [0.2, 0.25) is 11.7 Å². The van der Waals surface area contributed by atoms with Crippen molar-refractivity contribution in [3.8, 4) is 5.75 Å². The third-order valence-corrected chi connectivity index (χ3v) is 5.27. The average molecular weight is 449 g/mol. The van der Waals surface area contributed by atoms with Gasteiger partial charge in [0.15, 0.2) is 5.69 Å². The van der Waals surface area contributed by atoms with Crippen LogP contribution in [0.4, 0.5) is 10.3 Å². The minimum absolute atomic E-state index is 0.00582. The molecule has 3 rings (SSSR count). The van der Waals surface area contributed by atoms with Crippen LogP contribution in [0.3, 0.4) is 0 Å². The van der Waals surface area contributed by atoms with Crippen molar-refractivity contribution >= 4 is 11.9 Å². The van der Waals surface area contributed by atoms with Gasteiger partial charge in [-0.2, -0.15) is 0 Å². The zero-order valence-corrected chi connectivity index (χ0v) is 18.0. The molecule has 10 nitrogen and oxygen atoms in total. The Bertz CT molecular complexity index is 974. The van der Waals surface area contributed by atoms with Crippen LogP contribution in [0.25, 0.3) is 0 Å². The predicted molar refractivity (Wildman–Crippen MR) is 115 cm³/mol. The minimum atomic E-state index is -0.715. The van der Waals surface area contributed by atoms with E-state index in [1.807, 2.05) is 4.90 Å². The Morgan fingerprint density at radius 3 is 2.53 bits per heavy atom. The number of aliphatic hydroxyl groups is 1. The molecule has 0 aliphatic carbocycles. The highest BCUT2D eigenvalue weighted by Crippen LogP contribution is 2.17. The Balaban J connectivity index is 1.67. The molecule has 1 aromatic carbocycles. The summed E-state index contributed by atoms with van der Waals surface area (Å²) in [5.74, 6) is -1.48. The van der Waals surface area contributed by atoms with Crippen LogP contribution in [-0.4, -0.2) is 83.1 Å². The molecule has 0 spiro atoms. The molecule has 1 saturated heterocycles. The fourth-order valence-corrected chi connectivity index (χ4v) is 3.42. The first-order chi connectivity index (χ1) is 15.4. The van der Waals surface area contributed by atoms with E-state index in [1.54, 1.807) is 0 Å². The van der Waals surface area contributed by atoms with Gasteiger partial charge in [-0.3, -0.25) is 19.1 Å². The van der Waals surface area contributed by atoms with Gasteiger partial charge in [0.05, 0.1) is 19.8 Å². The first-order valence-corrected chi connectivity index (χ1v) is 10.4. The normalized spacial score (nSPS) is 14.5. The molecule has 0 unspecified atom stereocenters. The third-order valence-electron chi connectivity index (χ3n) is 5.27. The number of piperazine rings is 1. The maximum absolute atomic E-state index is 13.0. The van der Waals surface area contributed by atoms with Crippen molar-refractivity contribution in [2.75, 3.05) is 57.4 Å². The zero-order valence-electron chi connectivity index (χ0n) is 18.0. The number of nitrogens with zero attached hydrogens (tertiary/aromatic N) is 4. The van der Waals surface area contributed by atoms with Crippen molar-refractivity contribution in [2.45, 2.75) is 6.54 Å². The van der Waals surface area contributed by atoms with Gasteiger partial charge in [-0.1, -0.05) is 12.1 Å². The van der Waals surface area contributed by atoms with Crippen LogP contribution in [0.15, 0.2) is 29.1 Å². The number of anilines is 1. The van der Waals surface area contributed by atoms with Gasteiger partial charge in [-0.05, 0) is 17.7 Å². The lowest BCUT2D eigenvalue weighted by Gasteiger charge is -2.35. The van der Waals surface area contributed by atoms with E-state index >= 15 is 0 Å². The standard InChI is InChI=1S/C21H28FN5O5/c1-25-20(31)18(29)17(19(30)23-14-15-2-4-16(22)5-3-15)24-21(25)27-8-6-26(7-9-27)10-12-32-13-11-28/h2-5,28-29H,6-14H2,1H3,(H,23,30). The van der Waals surface area contributed by atoms with E-state index in [2.05, 4.69) is 15.2 Å². The Morgan fingerprint density at radius 2 is 1.88 bits per heavy atom. The number of ether oxygens (including phenoxy) is 1.